The molecule has 1 aromatic carbocycles. The molecular weight excluding hydrogens is 291 g/mol. The smallest absolute Gasteiger partial charge is 0.501 e. The molecule has 1 aliphatic heterocycles. The van der Waals surface area contributed by atoms with Crippen LogP contribution in [0.25, 0.3) is 0 Å². The van der Waals surface area contributed by atoms with Crippen molar-refractivity contribution in [2.45, 2.75) is 39.0 Å². The van der Waals surface area contributed by atoms with Gasteiger partial charge in [0.1, 0.15) is 0 Å². The summed E-state index contributed by atoms with van der Waals surface area (Å²) in [7, 11) is 1.69. The molecule has 0 bridgehead atoms. The maximum atomic E-state index is 10.5. The largest absolute Gasteiger partial charge is 1.00 e. The maximum Gasteiger partial charge on any atom is 1.00 e. The van der Waals surface area contributed by atoms with Gasteiger partial charge in [0.25, 0.3) is 0 Å². The van der Waals surface area contributed by atoms with Gasteiger partial charge in [-0.05, 0) is 13.5 Å². The summed E-state index contributed by atoms with van der Waals surface area (Å²) in [5.41, 5.74) is 1.93. The molecular formula is C16H20N2NaO3-. The van der Waals surface area contributed by atoms with Crippen molar-refractivity contribution in [2.75, 3.05) is 11.9 Å². The molecule has 0 spiro atoms. The van der Waals surface area contributed by atoms with Crippen molar-refractivity contribution in [3.63, 3.8) is 0 Å². The van der Waals surface area contributed by atoms with E-state index in [4.69, 9.17) is 0 Å². The summed E-state index contributed by atoms with van der Waals surface area (Å²) in [6.45, 7) is 4.18. The molecule has 2 rings (SSSR count). The van der Waals surface area contributed by atoms with E-state index in [0.29, 0.717) is 25.2 Å². The number of para-hydroxylation sites is 1. The summed E-state index contributed by atoms with van der Waals surface area (Å²) >= 11 is 0. The number of hydrogen-bond acceptors (Lipinski definition) is 3. The molecule has 0 aromatic heterocycles. The van der Waals surface area contributed by atoms with Crippen molar-refractivity contribution in [3.05, 3.63) is 29.8 Å². The minimum Gasteiger partial charge on any atom is -0.501 e. The van der Waals surface area contributed by atoms with Crippen molar-refractivity contribution in [1.82, 2.24) is 5.32 Å². The van der Waals surface area contributed by atoms with Crippen LogP contribution in [-0.4, -0.2) is 25.3 Å². The van der Waals surface area contributed by atoms with Gasteiger partial charge in [0.05, 0.1) is 6.41 Å². The first kappa shape index (κ1) is 20.8. The van der Waals surface area contributed by atoms with Crippen LogP contribution in [0.4, 0.5) is 5.69 Å². The van der Waals surface area contributed by atoms with Gasteiger partial charge in [-0.3, -0.25) is 21.0 Å². The zero-order chi connectivity index (χ0) is 15.8. The Hall–Kier alpha value is -1.17. The average molecular weight is 311 g/mol. The molecule has 6 heteroatoms. The third-order valence-electron chi connectivity index (χ3n) is 3.05. The molecule has 0 saturated carbocycles. The molecule has 1 aromatic rings. The molecule has 1 saturated heterocycles. The van der Waals surface area contributed by atoms with Crippen LogP contribution in [0.5, 0.6) is 0 Å². The minimum absolute atomic E-state index is 0. The van der Waals surface area contributed by atoms with Crippen LogP contribution in [0.2, 0.25) is 0 Å². The number of hydrogen-bond donors (Lipinski definition) is 1. The van der Waals surface area contributed by atoms with Gasteiger partial charge in [-0.15, -0.1) is 0 Å². The number of carbonyl (C=O) groups is 2. The van der Waals surface area contributed by atoms with E-state index in [0.717, 1.165) is 11.3 Å². The standard InChI is InChI=1S/C11H13NO.C5H7NO2.Na/c1-9(2)10-6-4-5-7-11(10)12(3)8-13;7-4-2-1-3-5(8)6-4;/h4-6,9H,1-3H3;1-3H2,(H,6,7,8);/q-2;;+1. The van der Waals surface area contributed by atoms with Gasteiger partial charge in [-0.25, -0.2) is 11.3 Å². The van der Waals surface area contributed by atoms with Gasteiger partial charge in [0.2, 0.25) is 11.8 Å². The molecule has 0 unspecified atom stereocenters. The predicted molar refractivity (Wildman–Crippen MR) is 80.5 cm³/mol. The Morgan fingerprint density at radius 2 is 1.86 bits per heavy atom. The normalized spacial score (nSPS) is 13.5. The number of nitrogens with one attached hydrogen (secondary N) is 1. The number of anilines is 1. The van der Waals surface area contributed by atoms with E-state index in [-0.39, 0.29) is 41.4 Å². The Morgan fingerprint density at radius 3 is 2.27 bits per heavy atom. The van der Waals surface area contributed by atoms with Crippen LogP contribution in [0.3, 0.4) is 0 Å². The van der Waals surface area contributed by atoms with Crippen LogP contribution >= 0.6 is 0 Å². The van der Waals surface area contributed by atoms with E-state index in [2.05, 4.69) is 25.2 Å². The molecule has 0 atom stereocenters. The Balaban J connectivity index is 0.000000423. The van der Waals surface area contributed by atoms with Gasteiger partial charge in [-0.1, -0.05) is 19.8 Å². The number of amides is 3. The maximum absolute atomic E-state index is 10.5. The van der Waals surface area contributed by atoms with Gasteiger partial charge in [-0.2, -0.15) is 18.2 Å². The van der Waals surface area contributed by atoms with E-state index in [9.17, 15) is 14.4 Å². The summed E-state index contributed by atoms with van der Waals surface area (Å²) in [5, 5.41) is 2.20. The topological polar surface area (TPSA) is 66.5 Å². The quantitative estimate of drug-likeness (QED) is 0.335. The molecule has 1 fully saturated rings. The molecule has 0 radical (unpaired) electrons. The molecule has 3 amide bonds. The van der Waals surface area contributed by atoms with Crippen molar-refractivity contribution < 1.29 is 43.9 Å². The third-order valence-corrected chi connectivity index (χ3v) is 3.05. The SMILES string of the molecule is CC(C)c1ccc[c-]c1N(C)[C-]=O.O=C1CCCC(=O)N1.[Na+]. The molecule has 0 aliphatic carbocycles. The number of nitrogens with zero attached hydrogens (tertiary/aromatic N) is 1. The summed E-state index contributed by atoms with van der Waals surface area (Å²) < 4.78 is 0. The van der Waals surface area contributed by atoms with Crippen molar-refractivity contribution in [3.8, 4) is 0 Å². The fraction of sp³-hybridized carbons (Fsp3) is 0.438. The summed E-state index contributed by atoms with van der Waals surface area (Å²) in [6, 6.07) is 8.77. The van der Waals surface area contributed by atoms with Gasteiger partial charge >= 0.3 is 29.6 Å². The molecule has 1 aliphatic rings. The van der Waals surface area contributed by atoms with E-state index < -0.39 is 0 Å². The first-order valence-electron chi connectivity index (χ1n) is 6.90. The second-order valence-electron chi connectivity index (χ2n) is 5.10. The Bertz CT molecular complexity index is 504. The van der Waals surface area contributed by atoms with Gasteiger partial charge in [0, 0.05) is 12.8 Å². The Labute approximate surface area is 153 Å². The fourth-order valence-corrected chi connectivity index (χ4v) is 1.93. The van der Waals surface area contributed by atoms with Crippen LogP contribution in [-0.2, 0) is 14.4 Å². The van der Waals surface area contributed by atoms with Gasteiger partial charge in [0.15, 0.2) is 0 Å². The zero-order valence-corrected chi connectivity index (χ0v) is 15.6. The third kappa shape index (κ3) is 6.73. The number of piperidine rings is 1. The molecule has 5 nitrogen and oxygen atoms in total. The van der Waals surface area contributed by atoms with Crippen molar-refractivity contribution >= 4 is 23.9 Å². The molecule has 114 valence electrons. The van der Waals surface area contributed by atoms with Crippen molar-refractivity contribution in [2.24, 2.45) is 0 Å². The zero-order valence-electron chi connectivity index (χ0n) is 13.6. The molecule has 1 N–H and O–H groups in total. The number of benzene rings is 1. The summed E-state index contributed by atoms with van der Waals surface area (Å²) in [6.07, 6.45) is 3.55. The average Bonchev–Trinajstić information content (AvgIpc) is 2.46. The minimum atomic E-state index is -0.138. The van der Waals surface area contributed by atoms with E-state index in [1.54, 1.807) is 13.1 Å². The van der Waals surface area contributed by atoms with Crippen LogP contribution in [0.15, 0.2) is 18.2 Å². The monoisotopic (exact) mass is 311 g/mol. The Morgan fingerprint density at radius 1 is 1.27 bits per heavy atom. The van der Waals surface area contributed by atoms with E-state index in [1.807, 2.05) is 18.5 Å². The first-order valence-corrected chi connectivity index (χ1v) is 6.90. The van der Waals surface area contributed by atoms with Crippen LogP contribution < -0.4 is 39.8 Å². The van der Waals surface area contributed by atoms with Crippen LogP contribution in [0, 0.1) is 6.07 Å². The molecule has 22 heavy (non-hydrogen) atoms. The number of imide groups is 1. The van der Waals surface area contributed by atoms with Crippen molar-refractivity contribution in [1.29, 1.82) is 0 Å². The second-order valence-corrected chi connectivity index (χ2v) is 5.10. The Kier molecular flexibility index (Phi) is 9.98. The predicted octanol–water partition coefficient (Wildman–Crippen LogP) is -1.07. The van der Waals surface area contributed by atoms with Crippen LogP contribution in [0.1, 0.15) is 44.6 Å². The van der Waals surface area contributed by atoms with Gasteiger partial charge < -0.3 is 9.69 Å². The summed E-state index contributed by atoms with van der Waals surface area (Å²) in [4.78, 5) is 32.6. The number of carbonyl (C=O) groups excluding carboxylic acids is 3. The molecule has 1 heterocycles. The fourth-order valence-electron chi connectivity index (χ4n) is 1.93. The summed E-state index contributed by atoms with van der Waals surface area (Å²) in [5.74, 6) is 0.116. The van der Waals surface area contributed by atoms with E-state index >= 15 is 0 Å². The van der Waals surface area contributed by atoms with E-state index in [1.165, 1.54) is 4.90 Å². The number of rotatable bonds is 3. The first-order chi connectivity index (χ1) is 9.95. The second kappa shape index (κ2) is 10.5.